The molecule has 1 saturated carbocycles. The second kappa shape index (κ2) is 12.0. The van der Waals surface area contributed by atoms with Crippen LogP contribution in [0.2, 0.25) is 0 Å². The summed E-state index contributed by atoms with van der Waals surface area (Å²) in [5.41, 5.74) is 1.05. The van der Waals surface area contributed by atoms with Gasteiger partial charge in [0, 0.05) is 11.6 Å². The van der Waals surface area contributed by atoms with Gasteiger partial charge >= 0.3 is 5.97 Å². The number of hydrogen-bond donors (Lipinski definition) is 0. The number of benzene rings is 3. The topological polar surface area (TPSA) is 44.8 Å². The smallest absolute Gasteiger partial charge is 0.314 e. The largest absolute Gasteiger partial charge is 0.494 e. The van der Waals surface area contributed by atoms with Crippen LogP contribution in [0.25, 0.3) is 11.1 Å². The third-order valence-corrected chi connectivity index (χ3v) is 6.57. The average molecular weight is 511 g/mol. The van der Waals surface area contributed by atoms with Crippen LogP contribution in [0.1, 0.15) is 44.1 Å². The summed E-state index contributed by atoms with van der Waals surface area (Å²) >= 11 is 0. The van der Waals surface area contributed by atoms with E-state index in [0.29, 0.717) is 54.9 Å². The number of carbonyl (C=O) groups is 1. The first kappa shape index (κ1) is 26.3. The molecule has 7 heteroatoms. The summed E-state index contributed by atoms with van der Waals surface area (Å²) in [5, 5.41) is 0. The minimum Gasteiger partial charge on any atom is -0.494 e. The third-order valence-electron chi connectivity index (χ3n) is 6.57. The lowest BCUT2D eigenvalue weighted by molar-refractivity contribution is -0.140. The Kier molecular flexibility index (Phi) is 8.54. The van der Waals surface area contributed by atoms with E-state index >= 15 is 8.78 Å². The third kappa shape index (κ3) is 6.16. The van der Waals surface area contributed by atoms with Gasteiger partial charge in [-0.05, 0) is 73.9 Å². The van der Waals surface area contributed by atoms with Crippen molar-refractivity contribution in [1.82, 2.24) is 0 Å². The number of ether oxygens (including phenoxy) is 3. The summed E-state index contributed by atoms with van der Waals surface area (Å²) in [4.78, 5) is 12.6. The normalized spacial score (nSPS) is 17.2. The van der Waals surface area contributed by atoms with E-state index in [4.69, 9.17) is 14.2 Å². The van der Waals surface area contributed by atoms with Crippen LogP contribution in [0.15, 0.2) is 67.3 Å². The number of halogens is 3. The van der Waals surface area contributed by atoms with Crippen molar-refractivity contribution in [3.05, 3.63) is 90.3 Å². The summed E-state index contributed by atoms with van der Waals surface area (Å²) in [7, 11) is 0. The van der Waals surface area contributed by atoms with Crippen LogP contribution >= 0.6 is 0 Å². The molecular formula is C30H29F3O4. The van der Waals surface area contributed by atoms with Crippen LogP contribution in [0.5, 0.6) is 17.2 Å². The van der Waals surface area contributed by atoms with E-state index in [9.17, 15) is 9.18 Å². The highest BCUT2D eigenvalue weighted by atomic mass is 19.2. The Morgan fingerprint density at radius 2 is 1.62 bits per heavy atom. The molecule has 3 aromatic rings. The molecule has 0 heterocycles. The number of esters is 1. The first-order valence-corrected chi connectivity index (χ1v) is 12.4. The first-order valence-electron chi connectivity index (χ1n) is 12.4. The molecule has 0 aromatic heterocycles. The molecule has 194 valence electrons. The molecule has 1 fully saturated rings. The molecule has 0 bridgehead atoms. The van der Waals surface area contributed by atoms with Crippen LogP contribution in [-0.4, -0.2) is 19.2 Å². The van der Waals surface area contributed by atoms with Gasteiger partial charge in [0.2, 0.25) is 0 Å². The van der Waals surface area contributed by atoms with Gasteiger partial charge in [-0.3, -0.25) is 4.79 Å². The zero-order chi connectivity index (χ0) is 26.4. The van der Waals surface area contributed by atoms with Crippen LogP contribution < -0.4 is 14.2 Å². The fourth-order valence-corrected chi connectivity index (χ4v) is 4.64. The van der Waals surface area contributed by atoms with E-state index in [2.05, 4.69) is 6.58 Å². The predicted molar refractivity (Wildman–Crippen MR) is 135 cm³/mol. The summed E-state index contributed by atoms with van der Waals surface area (Å²) in [5.74, 6) is -2.84. The maximum absolute atomic E-state index is 15.1. The maximum atomic E-state index is 15.1. The summed E-state index contributed by atoms with van der Waals surface area (Å²) in [6.45, 7) is 6.16. The van der Waals surface area contributed by atoms with Crippen molar-refractivity contribution < 1.29 is 32.2 Å². The van der Waals surface area contributed by atoms with Crippen molar-refractivity contribution in [1.29, 1.82) is 0 Å². The molecule has 0 spiro atoms. The van der Waals surface area contributed by atoms with E-state index in [1.165, 1.54) is 12.1 Å². The molecule has 1 aliphatic carbocycles. The van der Waals surface area contributed by atoms with Crippen molar-refractivity contribution in [3.8, 4) is 28.4 Å². The van der Waals surface area contributed by atoms with Crippen molar-refractivity contribution in [3.63, 3.8) is 0 Å². The van der Waals surface area contributed by atoms with Gasteiger partial charge < -0.3 is 14.2 Å². The highest BCUT2D eigenvalue weighted by Crippen LogP contribution is 2.39. The van der Waals surface area contributed by atoms with Gasteiger partial charge in [0.1, 0.15) is 18.1 Å². The van der Waals surface area contributed by atoms with Crippen molar-refractivity contribution in [2.75, 3.05) is 13.2 Å². The Bertz CT molecular complexity index is 1250. The lowest BCUT2D eigenvalue weighted by Gasteiger charge is -2.28. The molecule has 3 aromatic carbocycles. The van der Waals surface area contributed by atoms with Crippen LogP contribution in [0.4, 0.5) is 13.2 Å². The molecule has 0 amide bonds. The molecular weight excluding hydrogens is 481 g/mol. The number of hydrogen-bond acceptors (Lipinski definition) is 4. The molecule has 0 radical (unpaired) electrons. The molecule has 4 nitrogen and oxygen atoms in total. The van der Waals surface area contributed by atoms with Crippen LogP contribution in [0, 0.1) is 23.4 Å². The Labute approximate surface area is 214 Å². The Morgan fingerprint density at radius 1 is 0.919 bits per heavy atom. The quantitative estimate of drug-likeness (QED) is 0.169. The van der Waals surface area contributed by atoms with E-state index in [1.807, 2.05) is 6.92 Å². The minimum absolute atomic E-state index is 0.170. The van der Waals surface area contributed by atoms with Gasteiger partial charge in [-0.1, -0.05) is 36.9 Å². The van der Waals surface area contributed by atoms with Gasteiger partial charge in [0.25, 0.3) is 0 Å². The fourth-order valence-electron chi connectivity index (χ4n) is 4.64. The Hall–Kier alpha value is -3.74. The lowest BCUT2D eigenvalue weighted by atomic mass is 9.78. The summed E-state index contributed by atoms with van der Waals surface area (Å²) < 4.78 is 60.4. The molecule has 0 N–H and O–H groups in total. The average Bonchev–Trinajstić information content (AvgIpc) is 2.91. The van der Waals surface area contributed by atoms with Gasteiger partial charge in [-0.15, -0.1) is 0 Å². The van der Waals surface area contributed by atoms with Crippen molar-refractivity contribution in [2.24, 2.45) is 5.92 Å². The molecule has 37 heavy (non-hydrogen) atoms. The minimum atomic E-state index is -0.890. The van der Waals surface area contributed by atoms with E-state index in [0.717, 1.165) is 6.07 Å². The van der Waals surface area contributed by atoms with Gasteiger partial charge in [0.15, 0.2) is 23.2 Å². The van der Waals surface area contributed by atoms with Crippen LogP contribution in [-0.2, 0) is 4.79 Å². The van der Waals surface area contributed by atoms with E-state index < -0.39 is 29.3 Å². The highest BCUT2D eigenvalue weighted by Gasteiger charge is 2.31. The molecule has 4 rings (SSSR count). The summed E-state index contributed by atoms with van der Waals surface area (Å²) in [6.07, 6.45) is 3.41. The number of carbonyl (C=O) groups excluding carboxylic acids is 1. The monoisotopic (exact) mass is 510 g/mol. The highest BCUT2D eigenvalue weighted by molar-refractivity contribution is 5.75. The summed E-state index contributed by atoms with van der Waals surface area (Å²) in [6, 6.07) is 14.1. The molecule has 0 aliphatic heterocycles. The zero-order valence-corrected chi connectivity index (χ0v) is 20.6. The molecule has 1 aliphatic rings. The van der Waals surface area contributed by atoms with Gasteiger partial charge in [-0.25, -0.2) is 13.2 Å². The Morgan fingerprint density at radius 3 is 2.27 bits per heavy atom. The fraction of sp³-hybridized carbons (Fsp3) is 0.300. The Balaban J connectivity index is 1.38. The van der Waals surface area contributed by atoms with Gasteiger partial charge in [0.05, 0.1) is 12.5 Å². The number of rotatable bonds is 9. The van der Waals surface area contributed by atoms with Crippen molar-refractivity contribution >= 4 is 5.97 Å². The second-order valence-corrected chi connectivity index (χ2v) is 8.95. The van der Waals surface area contributed by atoms with Gasteiger partial charge in [-0.2, -0.15) is 0 Å². The predicted octanol–water partition coefficient (Wildman–Crippen LogP) is 7.61. The lowest BCUT2D eigenvalue weighted by Crippen LogP contribution is -2.25. The van der Waals surface area contributed by atoms with Crippen molar-refractivity contribution in [2.45, 2.75) is 38.5 Å². The SMILES string of the molecule is C=CCOc1ccc(OC(=O)C2CCC(c3ccc(-c4ccc(OCC)cc4)c(F)c3F)CC2)c(F)c1. The molecule has 0 saturated heterocycles. The molecule has 0 unspecified atom stereocenters. The van der Waals surface area contributed by atoms with Crippen LogP contribution in [0.3, 0.4) is 0 Å². The second-order valence-electron chi connectivity index (χ2n) is 8.95. The molecule has 0 atom stereocenters. The maximum Gasteiger partial charge on any atom is 0.314 e. The van der Waals surface area contributed by atoms with E-state index in [1.54, 1.807) is 42.5 Å². The zero-order valence-electron chi connectivity index (χ0n) is 20.6. The van der Waals surface area contributed by atoms with E-state index in [-0.39, 0.29) is 23.8 Å². The standard InChI is InChI=1S/C30H29F3O4/c1-3-17-36-23-13-16-27(26(31)18-23)37-30(34)21-7-5-19(6-8-21)24-14-15-25(29(33)28(24)32)20-9-11-22(12-10-20)35-4-2/h3,9-16,18-19,21H,1,4-8,17H2,2H3. The first-order chi connectivity index (χ1) is 17.9.